The van der Waals surface area contributed by atoms with E-state index in [1.54, 1.807) is 0 Å². The van der Waals surface area contributed by atoms with Crippen LogP contribution in [0.2, 0.25) is 0 Å². The molecule has 1 saturated heterocycles. The van der Waals surface area contributed by atoms with Crippen molar-refractivity contribution in [2.75, 3.05) is 26.2 Å². The summed E-state index contributed by atoms with van der Waals surface area (Å²) in [5.41, 5.74) is -0.0206. The van der Waals surface area contributed by atoms with E-state index >= 15 is 4.79 Å². The van der Waals surface area contributed by atoms with Crippen molar-refractivity contribution >= 4 is 11.8 Å². The summed E-state index contributed by atoms with van der Waals surface area (Å²) in [4.78, 5) is 35.0. The van der Waals surface area contributed by atoms with Gasteiger partial charge in [0.1, 0.15) is 6.04 Å². The van der Waals surface area contributed by atoms with E-state index in [9.17, 15) is 4.79 Å². The number of hydrogen-bond acceptors (Lipinski definition) is 3. The van der Waals surface area contributed by atoms with Gasteiger partial charge in [0.05, 0.1) is 0 Å². The highest BCUT2D eigenvalue weighted by Gasteiger charge is 2.52. The van der Waals surface area contributed by atoms with Crippen molar-refractivity contribution in [3.63, 3.8) is 0 Å². The molecule has 0 radical (unpaired) electrons. The van der Waals surface area contributed by atoms with Crippen LogP contribution in [0.3, 0.4) is 0 Å². The van der Waals surface area contributed by atoms with Crippen molar-refractivity contribution in [1.29, 1.82) is 0 Å². The zero-order chi connectivity index (χ0) is 42.0. The molecule has 4 aliphatic carbocycles. The summed E-state index contributed by atoms with van der Waals surface area (Å²) in [6, 6.07) is -0.308. The Balaban J connectivity index is 1.48. The number of carbonyl (C=O) groups excluding carboxylic acids is 2. The summed E-state index contributed by atoms with van der Waals surface area (Å²) in [6.45, 7) is 13.2. The van der Waals surface area contributed by atoms with E-state index in [0.717, 1.165) is 69.6 Å². The van der Waals surface area contributed by atoms with Gasteiger partial charge in [-0.1, -0.05) is 188 Å². The Morgan fingerprint density at radius 1 is 0.559 bits per heavy atom. The summed E-state index contributed by atoms with van der Waals surface area (Å²) >= 11 is 0. The van der Waals surface area contributed by atoms with Gasteiger partial charge < -0.3 is 15.1 Å². The second kappa shape index (κ2) is 30.1. The molecule has 0 aromatic heterocycles. The first kappa shape index (κ1) is 50.5. The predicted molar refractivity (Wildman–Crippen MR) is 254 cm³/mol. The standard InChI is InChI=1S/C54H101N3O2/c1-5-9-12-15-18-21-22-24-27-30-33-46(32-29-26-23-19-16-13-10-6-2)45-57(51(58)34-31-28-25-20-17-14-11-7-3)52(50-35-37-56(8-4)38-36-50)53(59)55-54-42-47-39-48(43-54)41-49(40-47)44-54/h46-50,52H,5-45H2,1-4H3,(H,55,59)/t46-,47?,48?,49?,52-,54?/m0/s1. The molecule has 344 valence electrons. The summed E-state index contributed by atoms with van der Waals surface area (Å²) in [5, 5.41) is 3.88. The molecule has 5 nitrogen and oxygen atoms in total. The summed E-state index contributed by atoms with van der Waals surface area (Å²) < 4.78 is 0. The molecule has 4 bridgehead atoms. The Kier molecular flexibility index (Phi) is 25.8. The molecule has 0 unspecified atom stereocenters. The monoisotopic (exact) mass is 824 g/mol. The van der Waals surface area contributed by atoms with Gasteiger partial charge in [0, 0.05) is 18.5 Å². The van der Waals surface area contributed by atoms with E-state index < -0.39 is 0 Å². The van der Waals surface area contributed by atoms with Crippen molar-refractivity contribution < 1.29 is 9.59 Å². The first-order valence-electron chi connectivity index (χ1n) is 27.2. The fraction of sp³-hybridized carbons (Fsp3) is 0.963. The van der Waals surface area contributed by atoms with Crippen molar-refractivity contribution in [3.05, 3.63) is 0 Å². The number of hydrogen-bond donors (Lipinski definition) is 1. The van der Waals surface area contributed by atoms with Crippen molar-refractivity contribution in [1.82, 2.24) is 15.1 Å². The number of amides is 2. The Bertz CT molecular complexity index is 1050. The van der Waals surface area contributed by atoms with Crippen LogP contribution in [0.25, 0.3) is 0 Å². The summed E-state index contributed by atoms with van der Waals surface area (Å²) in [5.74, 6) is 3.67. The van der Waals surface area contributed by atoms with Gasteiger partial charge in [-0.05, 0) is 120 Å². The number of likely N-dealkylation sites (tertiary alicyclic amines) is 1. The smallest absolute Gasteiger partial charge is 0.243 e. The highest BCUT2D eigenvalue weighted by Crippen LogP contribution is 2.55. The van der Waals surface area contributed by atoms with Crippen LogP contribution in [0.5, 0.6) is 0 Å². The van der Waals surface area contributed by atoms with Crippen LogP contribution in [0, 0.1) is 29.6 Å². The van der Waals surface area contributed by atoms with Crippen LogP contribution < -0.4 is 5.32 Å². The average Bonchev–Trinajstić information content (AvgIpc) is 3.22. The lowest BCUT2D eigenvalue weighted by atomic mass is 9.53. The lowest BCUT2D eigenvalue weighted by molar-refractivity contribution is -0.147. The lowest BCUT2D eigenvalue weighted by Gasteiger charge is -2.57. The molecule has 59 heavy (non-hydrogen) atoms. The molecule has 2 amide bonds. The van der Waals surface area contributed by atoms with E-state index in [0.29, 0.717) is 18.2 Å². The van der Waals surface area contributed by atoms with Crippen LogP contribution in [0.4, 0.5) is 0 Å². The number of nitrogens with zero attached hydrogens (tertiary/aromatic N) is 2. The molecule has 5 heteroatoms. The predicted octanol–water partition coefficient (Wildman–Crippen LogP) is 15.0. The molecule has 5 rings (SSSR count). The van der Waals surface area contributed by atoms with E-state index in [4.69, 9.17) is 0 Å². The lowest BCUT2D eigenvalue weighted by Crippen LogP contribution is -2.64. The van der Waals surface area contributed by atoms with Crippen LogP contribution in [0.1, 0.15) is 265 Å². The Labute approximate surface area is 367 Å². The van der Waals surface area contributed by atoms with Gasteiger partial charge in [-0.15, -0.1) is 0 Å². The van der Waals surface area contributed by atoms with Crippen molar-refractivity contribution in [2.45, 2.75) is 277 Å². The number of nitrogens with one attached hydrogen (secondary N) is 1. The Hall–Kier alpha value is -1.10. The van der Waals surface area contributed by atoms with E-state index in [2.05, 4.69) is 42.8 Å². The number of piperidine rings is 1. The molecule has 0 aromatic carbocycles. The normalized spacial score (nSPS) is 24.1. The second-order valence-electron chi connectivity index (χ2n) is 21.3. The van der Waals surface area contributed by atoms with Crippen molar-refractivity contribution in [3.8, 4) is 0 Å². The fourth-order valence-electron chi connectivity index (χ4n) is 12.8. The molecular weight excluding hydrogens is 723 g/mol. The highest BCUT2D eigenvalue weighted by atomic mass is 16.2. The minimum Gasteiger partial charge on any atom is -0.349 e. The van der Waals surface area contributed by atoms with Gasteiger partial charge >= 0.3 is 0 Å². The highest BCUT2D eigenvalue weighted by molar-refractivity contribution is 5.88. The topological polar surface area (TPSA) is 52.7 Å². The quantitative estimate of drug-likeness (QED) is 0.0641. The molecule has 1 N–H and O–H groups in total. The molecule has 4 saturated carbocycles. The SMILES string of the molecule is CCCCCCCCCCCC[C@H](CCCCCCCCCC)CN(C(=O)CCCCCCCCCC)[C@H](C(=O)NC12CC3CC(CC(C3)C1)C2)C1CCN(CC)CC1. The van der Waals surface area contributed by atoms with Gasteiger partial charge in [-0.2, -0.15) is 0 Å². The third kappa shape index (κ3) is 19.0. The number of carbonyl (C=O) groups is 2. The maximum absolute atomic E-state index is 15.2. The molecule has 0 aromatic rings. The molecule has 0 spiro atoms. The maximum atomic E-state index is 15.2. The van der Waals surface area contributed by atoms with Gasteiger partial charge in [0.2, 0.25) is 11.8 Å². The Morgan fingerprint density at radius 2 is 0.949 bits per heavy atom. The largest absolute Gasteiger partial charge is 0.349 e. The first-order chi connectivity index (χ1) is 28.9. The second-order valence-corrected chi connectivity index (χ2v) is 21.3. The molecule has 2 atom stereocenters. The molecular formula is C54H101N3O2. The van der Waals surface area contributed by atoms with E-state index in [1.807, 2.05) is 0 Å². The fourth-order valence-corrected chi connectivity index (χ4v) is 12.8. The average molecular weight is 824 g/mol. The molecule has 5 fully saturated rings. The van der Waals surface area contributed by atoms with Gasteiger partial charge in [-0.3, -0.25) is 9.59 Å². The molecule has 1 aliphatic heterocycles. The zero-order valence-corrected chi connectivity index (χ0v) is 40.2. The molecule has 1 heterocycles. The van der Waals surface area contributed by atoms with E-state index in [1.165, 1.54) is 205 Å². The van der Waals surface area contributed by atoms with Crippen LogP contribution in [-0.4, -0.2) is 59.4 Å². The minimum absolute atomic E-state index is 0.0206. The van der Waals surface area contributed by atoms with Gasteiger partial charge in [-0.25, -0.2) is 0 Å². The van der Waals surface area contributed by atoms with Crippen LogP contribution >= 0.6 is 0 Å². The number of rotatable bonds is 36. The first-order valence-corrected chi connectivity index (χ1v) is 27.2. The summed E-state index contributed by atoms with van der Waals surface area (Å²) in [6.07, 6.45) is 47.2. The van der Waals surface area contributed by atoms with Crippen LogP contribution in [-0.2, 0) is 9.59 Å². The molecule has 5 aliphatic rings. The van der Waals surface area contributed by atoms with Gasteiger partial charge in [0.15, 0.2) is 0 Å². The maximum Gasteiger partial charge on any atom is 0.243 e. The van der Waals surface area contributed by atoms with E-state index in [-0.39, 0.29) is 23.4 Å². The Morgan fingerprint density at radius 3 is 1.36 bits per heavy atom. The number of unbranched alkanes of at least 4 members (excludes halogenated alkanes) is 23. The summed E-state index contributed by atoms with van der Waals surface area (Å²) in [7, 11) is 0. The third-order valence-electron chi connectivity index (χ3n) is 16.0. The van der Waals surface area contributed by atoms with Crippen LogP contribution in [0.15, 0.2) is 0 Å². The zero-order valence-electron chi connectivity index (χ0n) is 40.2. The van der Waals surface area contributed by atoms with Crippen molar-refractivity contribution in [2.24, 2.45) is 29.6 Å². The van der Waals surface area contributed by atoms with Gasteiger partial charge in [0.25, 0.3) is 0 Å². The minimum atomic E-state index is -0.308. The third-order valence-corrected chi connectivity index (χ3v) is 16.0.